The molecule has 0 heterocycles. The lowest BCUT2D eigenvalue weighted by molar-refractivity contribution is 0.0858. The van der Waals surface area contributed by atoms with Crippen LogP contribution in [0.25, 0.3) is 0 Å². The van der Waals surface area contributed by atoms with Crippen LogP contribution in [0.1, 0.15) is 110 Å². The standard InChI is InChI=1S/C20H40O/c1-3-5-7-8-9-11-13-18(12-10-6-4-2)19-14-16-20(21)17-15-19/h18-21H,3-17H2,1-2H3/t18?,19-,20+. The highest BCUT2D eigenvalue weighted by Gasteiger charge is 2.26. The number of rotatable bonds is 12. The minimum atomic E-state index is 0.00610. The second-order valence-electron chi connectivity index (χ2n) is 7.38. The SMILES string of the molecule is CCCCCCCCC(CCCCC)[C@H]1CC[C@@H](O)CC1. The summed E-state index contributed by atoms with van der Waals surface area (Å²) < 4.78 is 0. The topological polar surface area (TPSA) is 20.2 Å². The first-order chi connectivity index (χ1) is 10.3. The normalized spacial score (nSPS) is 24.1. The molecule has 1 rings (SSSR count). The Morgan fingerprint density at radius 3 is 1.81 bits per heavy atom. The molecule has 0 amide bonds. The molecule has 1 unspecified atom stereocenters. The highest BCUT2D eigenvalue weighted by atomic mass is 16.3. The second kappa shape index (κ2) is 12.5. The van der Waals surface area contributed by atoms with E-state index >= 15 is 0 Å². The maximum Gasteiger partial charge on any atom is 0.0540 e. The van der Waals surface area contributed by atoms with Gasteiger partial charge in [0.1, 0.15) is 0 Å². The van der Waals surface area contributed by atoms with Crippen LogP contribution in [-0.2, 0) is 0 Å². The van der Waals surface area contributed by atoms with Gasteiger partial charge in [-0.05, 0) is 37.5 Å². The molecule has 21 heavy (non-hydrogen) atoms. The van der Waals surface area contributed by atoms with E-state index in [0.29, 0.717) is 0 Å². The van der Waals surface area contributed by atoms with Crippen molar-refractivity contribution in [3.05, 3.63) is 0 Å². The van der Waals surface area contributed by atoms with E-state index in [1.165, 1.54) is 83.5 Å². The van der Waals surface area contributed by atoms with E-state index < -0.39 is 0 Å². The third-order valence-corrected chi connectivity index (χ3v) is 5.51. The second-order valence-corrected chi connectivity index (χ2v) is 7.38. The third kappa shape index (κ3) is 8.86. The number of aliphatic hydroxyl groups is 1. The van der Waals surface area contributed by atoms with Crippen LogP contribution >= 0.6 is 0 Å². The number of unbranched alkanes of at least 4 members (excludes halogenated alkanes) is 7. The molecule has 1 nitrogen and oxygen atoms in total. The summed E-state index contributed by atoms with van der Waals surface area (Å²) in [5.74, 6) is 1.87. The van der Waals surface area contributed by atoms with Crippen LogP contribution in [0, 0.1) is 11.8 Å². The van der Waals surface area contributed by atoms with Gasteiger partial charge in [-0.3, -0.25) is 0 Å². The largest absolute Gasteiger partial charge is 0.393 e. The fourth-order valence-corrected chi connectivity index (χ4v) is 4.03. The smallest absolute Gasteiger partial charge is 0.0540 e. The first-order valence-electron chi connectivity index (χ1n) is 9.96. The Morgan fingerprint density at radius 1 is 0.714 bits per heavy atom. The van der Waals surface area contributed by atoms with Crippen molar-refractivity contribution in [3.63, 3.8) is 0 Å². The van der Waals surface area contributed by atoms with Crippen LogP contribution < -0.4 is 0 Å². The summed E-state index contributed by atoms with van der Waals surface area (Å²) in [7, 11) is 0. The molecule has 1 saturated carbocycles. The summed E-state index contributed by atoms with van der Waals surface area (Å²) in [6, 6.07) is 0. The lowest BCUT2D eigenvalue weighted by Gasteiger charge is -2.32. The molecule has 126 valence electrons. The molecule has 0 aliphatic heterocycles. The van der Waals surface area contributed by atoms with Crippen molar-refractivity contribution in [1.29, 1.82) is 0 Å². The molecule has 0 bridgehead atoms. The van der Waals surface area contributed by atoms with E-state index in [0.717, 1.165) is 24.7 Å². The van der Waals surface area contributed by atoms with Gasteiger partial charge in [-0.2, -0.15) is 0 Å². The Morgan fingerprint density at radius 2 is 1.19 bits per heavy atom. The van der Waals surface area contributed by atoms with Gasteiger partial charge in [-0.15, -0.1) is 0 Å². The number of hydrogen-bond donors (Lipinski definition) is 1. The molecule has 1 N–H and O–H groups in total. The first-order valence-corrected chi connectivity index (χ1v) is 9.96. The van der Waals surface area contributed by atoms with Crippen molar-refractivity contribution in [2.24, 2.45) is 11.8 Å². The average molecular weight is 297 g/mol. The fourth-order valence-electron chi connectivity index (χ4n) is 4.03. The van der Waals surface area contributed by atoms with E-state index in [4.69, 9.17) is 0 Å². The zero-order chi connectivity index (χ0) is 15.3. The van der Waals surface area contributed by atoms with E-state index in [-0.39, 0.29) is 6.10 Å². The Kier molecular flexibility index (Phi) is 11.3. The molecule has 1 fully saturated rings. The lowest BCUT2D eigenvalue weighted by Crippen LogP contribution is -2.24. The molecule has 1 heteroatoms. The van der Waals surface area contributed by atoms with Crippen molar-refractivity contribution < 1.29 is 5.11 Å². The molecular formula is C20H40O. The van der Waals surface area contributed by atoms with Crippen LogP contribution in [0.2, 0.25) is 0 Å². The van der Waals surface area contributed by atoms with Gasteiger partial charge in [0.2, 0.25) is 0 Å². The molecule has 0 radical (unpaired) electrons. The first kappa shape index (κ1) is 19.0. The van der Waals surface area contributed by atoms with Crippen LogP contribution in [-0.4, -0.2) is 11.2 Å². The predicted octanol–water partition coefficient (Wildman–Crippen LogP) is 6.48. The van der Waals surface area contributed by atoms with Gasteiger partial charge in [0, 0.05) is 0 Å². The lowest BCUT2D eigenvalue weighted by atomic mass is 9.75. The summed E-state index contributed by atoms with van der Waals surface area (Å²) >= 11 is 0. The Balaban J connectivity index is 2.23. The third-order valence-electron chi connectivity index (χ3n) is 5.51. The summed E-state index contributed by atoms with van der Waals surface area (Å²) in [4.78, 5) is 0. The molecule has 0 aromatic rings. The maximum absolute atomic E-state index is 9.72. The summed E-state index contributed by atoms with van der Waals surface area (Å²) in [6.45, 7) is 4.60. The summed E-state index contributed by atoms with van der Waals surface area (Å²) in [5.41, 5.74) is 0. The van der Waals surface area contributed by atoms with Gasteiger partial charge in [-0.25, -0.2) is 0 Å². The zero-order valence-corrected chi connectivity index (χ0v) is 14.8. The fraction of sp³-hybridized carbons (Fsp3) is 1.00. The Bertz CT molecular complexity index is 218. The summed E-state index contributed by atoms with van der Waals surface area (Å²) in [5, 5.41) is 9.72. The Labute approximate surface area is 133 Å². The van der Waals surface area contributed by atoms with Gasteiger partial charge in [-0.1, -0.05) is 84.5 Å². The minimum absolute atomic E-state index is 0.00610. The molecule has 1 atom stereocenters. The zero-order valence-electron chi connectivity index (χ0n) is 14.8. The van der Waals surface area contributed by atoms with E-state index in [1.807, 2.05) is 0 Å². The van der Waals surface area contributed by atoms with Gasteiger partial charge in [0.25, 0.3) is 0 Å². The highest BCUT2D eigenvalue weighted by molar-refractivity contribution is 4.77. The predicted molar refractivity (Wildman–Crippen MR) is 93.6 cm³/mol. The van der Waals surface area contributed by atoms with Crippen molar-refractivity contribution >= 4 is 0 Å². The van der Waals surface area contributed by atoms with Crippen LogP contribution in [0.3, 0.4) is 0 Å². The van der Waals surface area contributed by atoms with Crippen molar-refractivity contribution in [2.45, 2.75) is 116 Å². The molecule has 0 saturated heterocycles. The average Bonchev–Trinajstić information content (AvgIpc) is 2.50. The molecule has 0 aromatic carbocycles. The number of aliphatic hydroxyl groups excluding tert-OH is 1. The summed E-state index contributed by atoms with van der Waals surface area (Å²) in [6.07, 6.45) is 20.3. The molecule has 1 aliphatic rings. The van der Waals surface area contributed by atoms with Gasteiger partial charge < -0.3 is 5.11 Å². The minimum Gasteiger partial charge on any atom is -0.393 e. The van der Waals surface area contributed by atoms with Gasteiger partial charge in [0.05, 0.1) is 6.10 Å². The molecule has 1 aliphatic carbocycles. The molecular weight excluding hydrogens is 256 g/mol. The van der Waals surface area contributed by atoms with Gasteiger partial charge >= 0.3 is 0 Å². The maximum atomic E-state index is 9.72. The number of hydrogen-bond acceptors (Lipinski definition) is 1. The van der Waals surface area contributed by atoms with E-state index in [2.05, 4.69) is 13.8 Å². The monoisotopic (exact) mass is 296 g/mol. The highest BCUT2D eigenvalue weighted by Crippen LogP contribution is 2.36. The van der Waals surface area contributed by atoms with Crippen molar-refractivity contribution in [1.82, 2.24) is 0 Å². The van der Waals surface area contributed by atoms with Crippen LogP contribution in [0.4, 0.5) is 0 Å². The van der Waals surface area contributed by atoms with Crippen molar-refractivity contribution in [2.75, 3.05) is 0 Å². The van der Waals surface area contributed by atoms with E-state index in [9.17, 15) is 5.11 Å². The molecule has 0 aromatic heterocycles. The van der Waals surface area contributed by atoms with E-state index in [1.54, 1.807) is 0 Å². The quantitative estimate of drug-likeness (QED) is 0.408. The Hall–Kier alpha value is -0.0400. The van der Waals surface area contributed by atoms with Crippen molar-refractivity contribution in [3.8, 4) is 0 Å². The molecule has 0 spiro atoms. The van der Waals surface area contributed by atoms with Gasteiger partial charge in [0.15, 0.2) is 0 Å². The van der Waals surface area contributed by atoms with Crippen LogP contribution in [0.15, 0.2) is 0 Å². The van der Waals surface area contributed by atoms with Crippen LogP contribution in [0.5, 0.6) is 0 Å².